The van der Waals surface area contributed by atoms with E-state index in [0.29, 0.717) is 11.7 Å². The molecule has 1 fully saturated rings. The van der Waals surface area contributed by atoms with E-state index in [2.05, 4.69) is 10.6 Å². The average molecular weight is 222 g/mol. The van der Waals surface area contributed by atoms with Crippen LogP contribution in [0.25, 0.3) is 0 Å². The molecule has 1 aliphatic rings. The van der Waals surface area contributed by atoms with Gasteiger partial charge in [-0.1, -0.05) is 6.92 Å². The molecule has 0 spiro atoms. The third-order valence-electron chi connectivity index (χ3n) is 2.98. The lowest BCUT2D eigenvalue weighted by Gasteiger charge is -2.26. The van der Waals surface area contributed by atoms with Crippen LogP contribution in [0.3, 0.4) is 0 Å². The summed E-state index contributed by atoms with van der Waals surface area (Å²) in [5.74, 6) is 1.80. The van der Waals surface area contributed by atoms with Crippen molar-refractivity contribution in [3.63, 3.8) is 0 Å². The van der Waals surface area contributed by atoms with Gasteiger partial charge in [0.05, 0.1) is 0 Å². The monoisotopic (exact) mass is 222 g/mol. The molecule has 0 atom stereocenters. The van der Waals surface area contributed by atoms with Crippen LogP contribution in [0.4, 0.5) is 0 Å². The lowest BCUT2D eigenvalue weighted by molar-refractivity contribution is 0.0912. The second-order valence-corrected chi connectivity index (χ2v) is 4.30. The second-order valence-electron chi connectivity index (χ2n) is 4.30. The number of hydrogen-bond donors (Lipinski definition) is 2. The molecule has 0 aliphatic carbocycles. The first-order valence-electron chi connectivity index (χ1n) is 5.79. The molecule has 1 aromatic heterocycles. The summed E-state index contributed by atoms with van der Waals surface area (Å²) in [6.45, 7) is 6.71. The van der Waals surface area contributed by atoms with Crippen molar-refractivity contribution in [1.82, 2.24) is 10.6 Å². The van der Waals surface area contributed by atoms with Crippen LogP contribution in [-0.2, 0) is 6.42 Å². The zero-order valence-corrected chi connectivity index (χ0v) is 9.80. The predicted molar refractivity (Wildman–Crippen MR) is 61.5 cm³/mol. The van der Waals surface area contributed by atoms with Crippen LogP contribution in [0.2, 0.25) is 0 Å². The van der Waals surface area contributed by atoms with Crippen molar-refractivity contribution in [2.75, 3.05) is 19.6 Å². The number of nitrogens with one attached hydrogen (secondary N) is 2. The minimum absolute atomic E-state index is 0.102. The SMILES string of the molecule is CCc1oc(C(=O)NCC2CNC2)cc1C. The Morgan fingerprint density at radius 2 is 2.38 bits per heavy atom. The standard InChI is InChI=1S/C12H18N2O2/c1-3-10-8(2)4-11(16-10)12(15)14-7-9-5-13-6-9/h4,9,13H,3,5-7H2,1-2H3,(H,14,15). The van der Waals surface area contributed by atoms with Crippen molar-refractivity contribution >= 4 is 5.91 Å². The predicted octanol–water partition coefficient (Wildman–Crippen LogP) is 1.10. The van der Waals surface area contributed by atoms with Crippen molar-refractivity contribution in [2.24, 2.45) is 5.92 Å². The maximum absolute atomic E-state index is 11.7. The largest absolute Gasteiger partial charge is 0.456 e. The highest BCUT2D eigenvalue weighted by molar-refractivity contribution is 5.91. The summed E-state index contributed by atoms with van der Waals surface area (Å²) < 4.78 is 5.48. The van der Waals surface area contributed by atoms with E-state index in [-0.39, 0.29) is 5.91 Å². The molecular weight excluding hydrogens is 204 g/mol. The number of furan rings is 1. The Bertz CT molecular complexity index is 380. The Morgan fingerprint density at radius 3 is 2.88 bits per heavy atom. The summed E-state index contributed by atoms with van der Waals surface area (Å²) in [7, 11) is 0. The third-order valence-corrected chi connectivity index (χ3v) is 2.98. The van der Waals surface area contributed by atoms with Gasteiger partial charge < -0.3 is 15.1 Å². The lowest BCUT2D eigenvalue weighted by atomic mass is 10.0. The highest BCUT2D eigenvalue weighted by Crippen LogP contribution is 2.15. The van der Waals surface area contributed by atoms with Gasteiger partial charge in [-0.05, 0) is 18.6 Å². The smallest absolute Gasteiger partial charge is 0.287 e. The minimum Gasteiger partial charge on any atom is -0.456 e. The first-order valence-corrected chi connectivity index (χ1v) is 5.79. The highest BCUT2D eigenvalue weighted by atomic mass is 16.4. The van der Waals surface area contributed by atoms with Gasteiger partial charge in [-0.2, -0.15) is 0 Å². The van der Waals surface area contributed by atoms with Crippen molar-refractivity contribution < 1.29 is 9.21 Å². The highest BCUT2D eigenvalue weighted by Gasteiger charge is 2.19. The van der Waals surface area contributed by atoms with Crippen molar-refractivity contribution in [3.05, 3.63) is 23.2 Å². The van der Waals surface area contributed by atoms with Crippen LogP contribution in [0.1, 0.15) is 28.8 Å². The van der Waals surface area contributed by atoms with E-state index in [0.717, 1.165) is 37.4 Å². The molecule has 0 unspecified atom stereocenters. The van der Waals surface area contributed by atoms with Crippen LogP contribution in [0, 0.1) is 12.8 Å². The zero-order chi connectivity index (χ0) is 11.5. The number of hydrogen-bond acceptors (Lipinski definition) is 3. The molecule has 88 valence electrons. The van der Waals surface area contributed by atoms with Crippen LogP contribution < -0.4 is 10.6 Å². The molecule has 2 heterocycles. The van der Waals surface area contributed by atoms with Gasteiger partial charge in [0.25, 0.3) is 5.91 Å². The topological polar surface area (TPSA) is 54.3 Å². The number of amides is 1. The number of aryl methyl sites for hydroxylation is 2. The van der Waals surface area contributed by atoms with Crippen molar-refractivity contribution in [2.45, 2.75) is 20.3 Å². The summed E-state index contributed by atoms with van der Waals surface area (Å²) in [5, 5.41) is 6.07. The Kier molecular flexibility index (Phi) is 3.29. The normalized spacial score (nSPS) is 15.9. The van der Waals surface area contributed by atoms with E-state index in [4.69, 9.17) is 4.42 Å². The van der Waals surface area contributed by atoms with Crippen molar-refractivity contribution in [1.29, 1.82) is 0 Å². The van der Waals surface area contributed by atoms with Gasteiger partial charge in [-0.3, -0.25) is 4.79 Å². The fourth-order valence-electron chi connectivity index (χ4n) is 1.80. The molecule has 1 aliphatic heterocycles. The second kappa shape index (κ2) is 4.70. The van der Waals surface area contributed by atoms with E-state index >= 15 is 0 Å². The van der Waals surface area contributed by atoms with Gasteiger partial charge in [0, 0.05) is 32.0 Å². The van der Waals surface area contributed by atoms with Gasteiger partial charge in [0.2, 0.25) is 0 Å². The quantitative estimate of drug-likeness (QED) is 0.802. The summed E-state index contributed by atoms with van der Waals surface area (Å²) in [6.07, 6.45) is 0.825. The fraction of sp³-hybridized carbons (Fsp3) is 0.583. The Balaban J connectivity index is 1.91. The maximum atomic E-state index is 11.7. The molecule has 2 N–H and O–H groups in total. The van der Waals surface area contributed by atoms with Crippen LogP contribution in [0.5, 0.6) is 0 Å². The molecule has 1 saturated heterocycles. The van der Waals surface area contributed by atoms with Gasteiger partial charge in [0.1, 0.15) is 5.76 Å². The van der Waals surface area contributed by atoms with Gasteiger partial charge >= 0.3 is 0 Å². The molecule has 16 heavy (non-hydrogen) atoms. The summed E-state index contributed by atoms with van der Waals surface area (Å²) in [6, 6.07) is 1.81. The minimum atomic E-state index is -0.102. The molecule has 4 nitrogen and oxygen atoms in total. The molecule has 1 aromatic rings. The van der Waals surface area contributed by atoms with E-state index in [1.165, 1.54) is 0 Å². The maximum Gasteiger partial charge on any atom is 0.287 e. The van der Waals surface area contributed by atoms with Gasteiger partial charge in [-0.15, -0.1) is 0 Å². The number of rotatable bonds is 4. The zero-order valence-electron chi connectivity index (χ0n) is 9.80. The molecule has 0 saturated carbocycles. The summed E-state index contributed by atoms with van der Waals surface area (Å²) >= 11 is 0. The average Bonchev–Trinajstić information content (AvgIpc) is 2.57. The first kappa shape index (κ1) is 11.2. The van der Waals surface area contributed by atoms with E-state index in [1.54, 1.807) is 0 Å². The van der Waals surface area contributed by atoms with E-state index in [1.807, 2.05) is 19.9 Å². The van der Waals surface area contributed by atoms with Gasteiger partial charge in [0.15, 0.2) is 5.76 Å². The Labute approximate surface area is 95.4 Å². The molecule has 1 amide bonds. The van der Waals surface area contributed by atoms with Crippen LogP contribution in [-0.4, -0.2) is 25.5 Å². The van der Waals surface area contributed by atoms with E-state index < -0.39 is 0 Å². The fourth-order valence-corrected chi connectivity index (χ4v) is 1.80. The molecule has 0 bridgehead atoms. The van der Waals surface area contributed by atoms with Crippen LogP contribution in [0.15, 0.2) is 10.5 Å². The Hall–Kier alpha value is -1.29. The van der Waals surface area contributed by atoms with Crippen LogP contribution >= 0.6 is 0 Å². The first-order chi connectivity index (χ1) is 7.70. The molecule has 2 rings (SSSR count). The summed E-state index contributed by atoms with van der Waals surface area (Å²) in [5.41, 5.74) is 1.05. The Morgan fingerprint density at radius 1 is 1.62 bits per heavy atom. The molecule has 4 heteroatoms. The lowest BCUT2D eigenvalue weighted by Crippen LogP contribution is -2.48. The summed E-state index contributed by atoms with van der Waals surface area (Å²) in [4.78, 5) is 11.7. The molecule has 0 radical (unpaired) electrons. The van der Waals surface area contributed by atoms with Crippen molar-refractivity contribution in [3.8, 4) is 0 Å². The molecule has 0 aromatic carbocycles. The third kappa shape index (κ3) is 2.27. The number of carbonyl (C=O) groups is 1. The number of carbonyl (C=O) groups excluding carboxylic acids is 1. The van der Waals surface area contributed by atoms with E-state index in [9.17, 15) is 4.79 Å². The molecular formula is C12H18N2O2. The van der Waals surface area contributed by atoms with Gasteiger partial charge in [-0.25, -0.2) is 0 Å².